The molecule has 2 aromatic carbocycles. The molecular weight excluding hydrogens is 403 g/mol. The van der Waals surface area contributed by atoms with E-state index in [1.54, 1.807) is 71.4 Å². The number of aromatic nitrogens is 1. The average Bonchev–Trinajstić information content (AvgIpc) is 2.78. The number of thioether (sulfide) groups is 1. The zero-order valence-corrected chi connectivity index (χ0v) is 16.8. The number of nitrogens with one attached hydrogen (secondary N) is 2. The van der Waals surface area contributed by atoms with E-state index in [0.717, 1.165) is 16.5 Å². The van der Waals surface area contributed by atoms with Gasteiger partial charge in [-0.2, -0.15) is 0 Å². The smallest absolute Gasteiger partial charge is 0.326 e. The van der Waals surface area contributed by atoms with Crippen LogP contribution in [-0.2, 0) is 6.54 Å². The van der Waals surface area contributed by atoms with Gasteiger partial charge in [0.05, 0.1) is 5.69 Å². The highest BCUT2D eigenvalue weighted by Crippen LogP contribution is 2.32. The van der Waals surface area contributed by atoms with Crippen molar-refractivity contribution in [3.63, 3.8) is 0 Å². The lowest BCUT2D eigenvalue weighted by atomic mass is 10.1. The van der Waals surface area contributed by atoms with Gasteiger partial charge < -0.3 is 10.6 Å². The Morgan fingerprint density at radius 1 is 1.07 bits per heavy atom. The van der Waals surface area contributed by atoms with Gasteiger partial charge in [0.2, 0.25) is 0 Å². The van der Waals surface area contributed by atoms with E-state index in [2.05, 4.69) is 15.6 Å². The van der Waals surface area contributed by atoms with Gasteiger partial charge in [-0.3, -0.25) is 9.69 Å². The molecule has 1 aliphatic heterocycles. The number of rotatable bonds is 4. The van der Waals surface area contributed by atoms with Gasteiger partial charge in [-0.1, -0.05) is 18.2 Å². The first kappa shape index (κ1) is 19.9. The third-order valence-corrected chi connectivity index (χ3v) is 5.61. The van der Waals surface area contributed by atoms with Gasteiger partial charge in [-0.05, 0) is 42.5 Å². The molecule has 0 fully saturated rings. The molecule has 1 aromatic heterocycles. The van der Waals surface area contributed by atoms with Gasteiger partial charge in [0, 0.05) is 41.9 Å². The summed E-state index contributed by atoms with van der Waals surface area (Å²) < 4.78 is 13.7. The Balaban J connectivity index is 1.37. The van der Waals surface area contributed by atoms with Crippen LogP contribution in [0.25, 0.3) is 0 Å². The minimum atomic E-state index is -0.358. The van der Waals surface area contributed by atoms with Crippen LogP contribution in [0.2, 0.25) is 0 Å². The molecule has 3 aromatic rings. The highest BCUT2D eigenvalue weighted by atomic mass is 32.2. The first-order valence-electron chi connectivity index (χ1n) is 9.40. The number of halogens is 1. The zero-order chi connectivity index (χ0) is 20.9. The number of urea groups is 1. The second kappa shape index (κ2) is 8.96. The van der Waals surface area contributed by atoms with Crippen molar-refractivity contribution < 1.29 is 14.0 Å². The molecule has 6 nitrogen and oxygen atoms in total. The normalized spacial score (nSPS) is 12.8. The summed E-state index contributed by atoms with van der Waals surface area (Å²) in [5.74, 6) is 0.103. The first-order valence-corrected chi connectivity index (χ1v) is 10.4. The Hall–Kier alpha value is -3.39. The Labute approximate surface area is 177 Å². The summed E-state index contributed by atoms with van der Waals surface area (Å²) in [5.41, 5.74) is 2.21. The lowest BCUT2D eigenvalue weighted by molar-refractivity contribution is 0.0950. The Morgan fingerprint density at radius 3 is 2.67 bits per heavy atom. The summed E-state index contributed by atoms with van der Waals surface area (Å²) >= 11 is 1.62. The SMILES string of the molecule is O=C(NCc1ccccc1F)c1ccc(NC(=O)N2CCSc3ncccc32)cc1. The number of carbonyl (C=O) groups is 2. The molecule has 0 atom stereocenters. The van der Waals surface area contributed by atoms with E-state index in [4.69, 9.17) is 0 Å². The minimum Gasteiger partial charge on any atom is -0.348 e. The number of benzene rings is 2. The third kappa shape index (κ3) is 4.44. The van der Waals surface area contributed by atoms with Gasteiger partial charge in [0.15, 0.2) is 0 Å². The predicted molar refractivity (Wildman–Crippen MR) is 115 cm³/mol. The maximum Gasteiger partial charge on any atom is 0.326 e. The van der Waals surface area contributed by atoms with Crippen LogP contribution in [0.15, 0.2) is 71.9 Å². The molecule has 1 aliphatic rings. The fraction of sp³-hybridized carbons (Fsp3) is 0.136. The van der Waals surface area contributed by atoms with E-state index in [0.29, 0.717) is 23.4 Å². The van der Waals surface area contributed by atoms with E-state index < -0.39 is 0 Å². The van der Waals surface area contributed by atoms with Gasteiger partial charge >= 0.3 is 6.03 Å². The molecule has 0 saturated heterocycles. The van der Waals surface area contributed by atoms with Crippen LogP contribution in [0.3, 0.4) is 0 Å². The van der Waals surface area contributed by atoms with Crippen molar-refractivity contribution >= 4 is 35.1 Å². The predicted octanol–water partition coefficient (Wildman–Crippen LogP) is 4.29. The van der Waals surface area contributed by atoms with Crippen molar-refractivity contribution in [3.8, 4) is 0 Å². The molecule has 2 N–H and O–H groups in total. The van der Waals surface area contributed by atoms with E-state index in [-0.39, 0.29) is 24.3 Å². The zero-order valence-electron chi connectivity index (χ0n) is 16.0. The third-order valence-electron chi connectivity index (χ3n) is 4.64. The van der Waals surface area contributed by atoms with Crippen LogP contribution in [0.5, 0.6) is 0 Å². The number of anilines is 2. The quantitative estimate of drug-likeness (QED) is 0.658. The van der Waals surface area contributed by atoms with Crippen molar-refractivity contribution in [1.82, 2.24) is 10.3 Å². The van der Waals surface area contributed by atoms with E-state index >= 15 is 0 Å². The van der Waals surface area contributed by atoms with Crippen molar-refractivity contribution in [2.75, 3.05) is 22.5 Å². The number of hydrogen-bond acceptors (Lipinski definition) is 4. The van der Waals surface area contributed by atoms with Crippen LogP contribution >= 0.6 is 11.8 Å². The largest absolute Gasteiger partial charge is 0.348 e. The molecular formula is C22H19FN4O2S. The Bertz CT molecular complexity index is 1070. The number of amides is 3. The highest BCUT2D eigenvalue weighted by Gasteiger charge is 2.23. The molecule has 0 unspecified atom stereocenters. The lowest BCUT2D eigenvalue weighted by Crippen LogP contribution is -2.38. The molecule has 2 heterocycles. The van der Waals surface area contributed by atoms with Gasteiger partial charge in [0.25, 0.3) is 5.91 Å². The fourth-order valence-corrected chi connectivity index (χ4v) is 4.01. The summed E-state index contributed by atoms with van der Waals surface area (Å²) in [6.45, 7) is 0.691. The molecule has 0 radical (unpaired) electrons. The van der Waals surface area contributed by atoms with E-state index in [1.807, 2.05) is 6.07 Å². The second-order valence-electron chi connectivity index (χ2n) is 6.61. The molecule has 30 heavy (non-hydrogen) atoms. The summed E-state index contributed by atoms with van der Waals surface area (Å²) in [6, 6.07) is 16.3. The van der Waals surface area contributed by atoms with Crippen LogP contribution in [0.1, 0.15) is 15.9 Å². The molecule has 0 bridgehead atoms. The monoisotopic (exact) mass is 422 g/mol. The molecule has 4 rings (SSSR count). The maximum absolute atomic E-state index is 13.7. The fourth-order valence-electron chi connectivity index (χ4n) is 3.08. The van der Waals surface area contributed by atoms with Gasteiger partial charge in [-0.25, -0.2) is 14.2 Å². The first-order chi connectivity index (χ1) is 14.6. The standard InChI is InChI=1S/C22H19FN4O2S/c23-18-5-2-1-4-16(18)14-25-20(28)15-7-9-17(10-8-15)26-22(29)27-12-13-30-21-19(27)6-3-11-24-21/h1-11H,12-14H2,(H,25,28)(H,26,29). The second-order valence-corrected chi connectivity index (χ2v) is 7.69. The number of pyridine rings is 1. The number of fused-ring (bicyclic) bond motifs is 1. The number of carbonyl (C=O) groups excluding carboxylic acids is 2. The Morgan fingerprint density at radius 2 is 1.87 bits per heavy atom. The van der Waals surface area contributed by atoms with Crippen LogP contribution in [-0.4, -0.2) is 29.2 Å². The molecule has 8 heteroatoms. The lowest BCUT2D eigenvalue weighted by Gasteiger charge is -2.28. The molecule has 0 aliphatic carbocycles. The van der Waals surface area contributed by atoms with Crippen molar-refractivity contribution in [1.29, 1.82) is 0 Å². The van der Waals surface area contributed by atoms with Crippen molar-refractivity contribution in [2.45, 2.75) is 11.6 Å². The topological polar surface area (TPSA) is 74.3 Å². The van der Waals surface area contributed by atoms with E-state index in [9.17, 15) is 14.0 Å². The molecule has 3 amide bonds. The molecule has 0 spiro atoms. The molecule has 152 valence electrons. The van der Waals surface area contributed by atoms with Crippen molar-refractivity contribution in [3.05, 3.63) is 83.8 Å². The van der Waals surface area contributed by atoms with Crippen LogP contribution in [0.4, 0.5) is 20.6 Å². The summed E-state index contributed by atoms with van der Waals surface area (Å²) in [6.07, 6.45) is 1.71. The molecule has 0 saturated carbocycles. The number of nitrogens with zero attached hydrogens (tertiary/aromatic N) is 2. The van der Waals surface area contributed by atoms with Crippen molar-refractivity contribution in [2.24, 2.45) is 0 Å². The van der Waals surface area contributed by atoms with Gasteiger partial charge in [0.1, 0.15) is 10.8 Å². The summed E-state index contributed by atoms with van der Waals surface area (Å²) in [4.78, 5) is 31.0. The maximum atomic E-state index is 13.7. The summed E-state index contributed by atoms with van der Waals surface area (Å²) in [5, 5.41) is 6.38. The number of hydrogen-bond donors (Lipinski definition) is 2. The minimum absolute atomic E-state index is 0.102. The Kier molecular flexibility index (Phi) is 5.94. The van der Waals surface area contributed by atoms with Crippen LogP contribution < -0.4 is 15.5 Å². The van der Waals surface area contributed by atoms with Gasteiger partial charge in [-0.15, -0.1) is 11.8 Å². The highest BCUT2D eigenvalue weighted by molar-refractivity contribution is 7.99. The summed E-state index contributed by atoms with van der Waals surface area (Å²) in [7, 11) is 0. The van der Waals surface area contributed by atoms with Crippen LogP contribution in [0, 0.1) is 5.82 Å². The average molecular weight is 422 g/mol. The van der Waals surface area contributed by atoms with E-state index in [1.165, 1.54) is 6.07 Å².